The molecule has 11 rings (SSSR count). The standard InChI is InChI=1S/C52H34N4/c1-4-14-37(15-5-1)46-34-47(38-16-6-2-7-17-38)54-52(53-46)56-49-23-13-11-21-43(49)45-33-40(29-31-51(45)56)36-26-24-35(25-27-36)39-28-30-50-44(32-39)42-20-10-12-22-48(42)55(50)41-18-8-3-9-19-41/h1-34H. The topological polar surface area (TPSA) is 35.6 Å². The van der Waals surface area contributed by atoms with E-state index in [1.54, 1.807) is 0 Å². The predicted octanol–water partition coefficient (Wildman–Crippen LogP) is 13.3. The van der Waals surface area contributed by atoms with Crippen molar-refractivity contribution in [2.75, 3.05) is 0 Å². The molecule has 0 bridgehead atoms. The Labute approximate surface area is 324 Å². The van der Waals surface area contributed by atoms with E-state index in [2.05, 4.69) is 203 Å². The Morgan fingerprint density at radius 2 is 0.661 bits per heavy atom. The van der Waals surface area contributed by atoms with Gasteiger partial charge in [-0.05, 0) is 76.9 Å². The average Bonchev–Trinajstić information content (AvgIpc) is 3.79. The maximum atomic E-state index is 5.19. The minimum absolute atomic E-state index is 0.650. The lowest BCUT2D eigenvalue weighted by Gasteiger charge is -2.12. The molecule has 0 saturated heterocycles. The van der Waals surface area contributed by atoms with E-state index < -0.39 is 0 Å². The Hall–Kier alpha value is -7.56. The number of nitrogens with zero attached hydrogens (tertiary/aromatic N) is 4. The molecular weight excluding hydrogens is 681 g/mol. The zero-order chi connectivity index (χ0) is 37.0. The molecule has 3 heterocycles. The molecule has 0 saturated carbocycles. The molecule has 0 aliphatic rings. The van der Waals surface area contributed by atoms with Crippen molar-refractivity contribution >= 4 is 43.6 Å². The quantitative estimate of drug-likeness (QED) is 0.172. The fourth-order valence-electron chi connectivity index (χ4n) is 8.28. The highest BCUT2D eigenvalue weighted by Gasteiger charge is 2.18. The van der Waals surface area contributed by atoms with Gasteiger partial charge in [0.25, 0.3) is 0 Å². The van der Waals surface area contributed by atoms with Crippen LogP contribution >= 0.6 is 0 Å². The number of hydrogen-bond donors (Lipinski definition) is 0. The van der Waals surface area contributed by atoms with Gasteiger partial charge in [0.1, 0.15) is 0 Å². The molecule has 8 aromatic carbocycles. The highest BCUT2D eigenvalue weighted by Crippen LogP contribution is 2.38. The molecule has 0 aliphatic carbocycles. The van der Waals surface area contributed by atoms with Gasteiger partial charge in [0, 0.05) is 38.4 Å². The summed E-state index contributed by atoms with van der Waals surface area (Å²) in [5.41, 5.74) is 14.3. The Morgan fingerprint density at radius 1 is 0.268 bits per heavy atom. The van der Waals surface area contributed by atoms with E-state index in [1.807, 2.05) is 12.1 Å². The number of fused-ring (bicyclic) bond motifs is 6. The van der Waals surface area contributed by atoms with Gasteiger partial charge in [-0.3, -0.25) is 4.57 Å². The maximum absolute atomic E-state index is 5.19. The van der Waals surface area contributed by atoms with Crippen LogP contribution in [0.2, 0.25) is 0 Å². The lowest BCUT2D eigenvalue weighted by Crippen LogP contribution is -2.03. The summed E-state index contributed by atoms with van der Waals surface area (Å²) >= 11 is 0. The third-order valence-corrected chi connectivity index (χ3v) is 11.0. The summed E-state index contributed by atoms with van der Waals surface area (Å²) in [5, 5.41) is 4.84. The van der Waals surface area contributed by atoms with Gasteiger partial charge < -0.3 is 4.57 Å². The lowest BCUT2D eigenvalue weighted by atomic mass is 9.98. The fourth-order valence-corrected chi connectivity index (χ4v) is 8.28. The minimum Gasteiger partial charge on any atom is -0.309 e. The van der Waals surface area contributed by atoms with Crippen molar-refractivity contribution in [2.24, 2.45) is 0 Å². The molecule has 0 amide bonds. The van der Waals surface area contributed by atoms with Crippen LogP contribution in [0.5, 0.6) is 0 Å². The average molecular weight is 715 g/mol. The van der Waals surface area contributed by atoms with E-state index in [0.717, 1.165) is 44.5 Å². The van der Waals surface area contributed by atoms with Gasteiger partial charge in [0.15, 0.2) is 0 Å². The summed E-state index contributed by atoms with van der Waals surface area (Å²) in [5.74, 6) is 0.650. The molecule has 11 aromatic rings. The van der Waals surface area contributed by atoms with Crippen LogP contribution in [-0.2, 0) is 0 Å². The van der Waals surface area contributed by atoms with Gasteiger partial charge in [0.05, 0.1) is 33.5 Å². The third kappa shape index (κ3) is 5.31. The number of benzene rings is 8. The molecule has 4 nitrogen and oxygen atoms in total. The summed E-state index contributed by atoms with van der Waals surface area (Å²) in [4.78, 5) is 10.4. The molecule has 0 unspecified atom stereocenters. The Morgan fingerprint density at radius 3 is 1.18 bits per heavy atom. The lowest BCUT2D eigenvalue weighted by molar-refractivity contribution is 0.995. The van der Waals surface area contributed by atoms with Gasteiger partial charge >= 0.3 is 0 Å². The Kier molecular flexibility index (Phi) is 7.46. The van der Waals surface area contributed by atoms with Crippen molar-refractivity contribution in [3.8, 4) is 56.4 Å². The predicted molar refractivity (Wildman–Crippen MR) is 232 cm³/mol. The molecule has 0 aliphatic heterocycles. The summed E-state index contributed by atoms with van der Waals surface area (Å²) in [7, 11) is 0. The molecular formula is C52H34N4. The van der Waals surface area contributed by atoms with Crippen molar-refractivity contribution in [3.05, 3.63) is 206 Å². The van der Waals surface area contributed by atoms with E-state index in [0.29, 0.717) is 5.95 Å². The summed E-state index contributed by atoms with van der Waals surface area (Å²) < 4.78 is 4.57. The number of para-hydroxylation sites is 3. The van der Waals surface area contributed by atoms with E-state index in [1.165, 1.54) is 49.6 Å². The zero-order valence-electron chi connectivity index (χ0n) is 30.4. The fraction of sp³-hybridized carbons (Fsp3) is 0. The van der Waals surface area contributed by atoms with E-state index in [9.17, 15) is 0 Å². The van der Waals surface area contributed by atoms with Crippen LogP contribution in [0.4, 0.5) is 0 Å². The third-order valence-electron chi connectivity index (χ3n) is 11.0. The van der Waals surface area contributed by atoms with Crippen molar-refractivity contribution in [1.82, 2.24) is 19.1 Å². The number of aromatic nitrogens is 4. The van der Waals surface area contributed by atoms with Gasteiger partial charge in [-0.25, -0.2) is 9.97 Å². The first-order valence-corrected chi connectivity index (χ1v) is 19.0. The Bertz CT molecular complexity index is 3160. The largest absolute Gasteiger partial charge is 0.309 e. The van der Waals surface area contributed by atoms with E-state index in [4.69, 9.17) is 9.97 Å². The first kappa shape index (κ1) is 31.9. The molecule has 4 heteroatoms. The SMILES string of the molecule is c1ccc(-c2cc(-c3ccccc3)nc(-n3c4ccccc4c4cc(-c5ccc(-c6ccc7c(c6)c6ccccc6n7-c6ccccc6)cc5)ccc43)n2)cc1. The smallest absolute Gasteiger partial charge is 0.235 e. The van der Waals surface area contributed by atoms with Gasteiger partial charge in [0.2, 0.25) is 5.95 Å². The highest BCUT2D eigenvalue weighted by molar-refractivity contribution is 6.11. The molecule has 0 radical (unpaired) electrons. The van der Waals surface area contributed by atoms with Gasteiger partial charge in [-0.2, -0.15) is 0 Å². The minimum atomic E-state index is 0.650. The monoisotopic (exact) mass is 714 g/mol. The first-order valence-electron chi connectivity index (χ1n) is 19.0. The number of rotatable bonds is 6. The van der Waals surface area contributed by atoms with Crippen LogP contribution in [0.15, 0.2) is 206 Å². The number of hydrogen-bond acceptors (Lipinski definition) is 2. The van der Waals surface area contributed by atoms with Crippen LogP contribution in [-0.4, -0.2) is 19.1 Å². The second-order valence-corrected chi connectivity index (χ2v) is 14.3. The van der Waals surface area contributed by atoms with Crippen LogP contribution in [0.3, 0.4) is 0 Å². The molecule has 56 heavy (non-hydrogen) atoms. The van der Waals surface area contributed by atoms with Crippen molar-refractivity contribution < 1.29 is 0 Å². The summed E-state index contributed by atoms with van der Waals surface area (Å²) in [6, 6.07) is 73.2. The molecule has 3 aromatic heterocycles. The van der Waals surface area contributed by atoms with E-state index in [-0.39, 0.29) is 0 Å². The second kappa shape index (κ2) is 13.1. The van der Waals surface area contributed by atoms with Crippen molar-refractivity contribution in [1.29, 1.82) is 0 Å². The van der Waals surface area contributed by atoms with Crippen LogP contribution in [0.25, 0.3) is 100 Å². The molecule has 0 fully saturated rings. The van der Waals surface area contributed by atoms with Crippen molar-refractivity contribution in [3.63, 3.8) is 0 Å². The second-order valence-electron chi connectivity index (χ2n) is 14.3. The maximum Gasteiger partial charge on any atom is 0.235 e. The zero-order valence-corrected chi connectivity index (χ0v) is 30.4. The first-order chi connectivity index (χ1) is 27.8. The molecule has 0 N–H and O–H groups in total. The Balaban J connectivity index is 1.000. The summed E-state index contributed by atoms with van der Waals surface area (Å²) in [6.45, 7) is 0. The van der Waals surface area contributed by atoms with E-state index >= 15 is 0 Å². The molecule has 262 valence electrons. The van der Waals surface area contributed by atoms with Gasteiger partial charge in [-0.1, -0.05) is 152 Å². The summed E-state index contributed by atoms with van der Waals surface area (Å²) in [6.07, 6.45) is 0. The molecule has 0 spiro atoms. The highest BCUT2D eigenvalue weighted by atomic mass is 15.2. The normalized spacial score (nSPS) is 11.6. The van der Waals surface area contributed by atoms with Crippen LogP contribution < -0.4 is 0 Å². The van der Waals surface area contributed by atoms with Crippen LogP contribution in [0, 0.1) is 0 Å². The van der Waals surface area contributed by atoms with Crippen LogP contribution in [0.1, 0.15) is 0 Å². The van der Waals surface area contributed by atoms with Gasteiger partial charge in [-0.15, -0.1) is 0 Å². The molecule has 0 atom stereocenters. The van der Waals surface area contributed by atoms with Crippen molar-refractivity contribution in [2.45, 2.75) is 0 Å².